The number of nitrogens with zero attached hydrogens (tertiary/aromatic N) is 1. The molecule has 0 unspecified atom stereocenters. The lowest BCUT2D eigenvalue weighted by Crippen LogP contribution is -2.24. The van der Waals surface area contributed by atoms with Crippen LogP contribution < -0.4 is 0 Å². The van der Waals surface area contributed by atoms with Gasteiger partial charge in [0.1, 0.15) is 17.1 Å². The number of Topliss-reactive ketones (excluding diaryl/α,β-unsaturated/α-hetero) is 2. The average molecular weight is 316 g/mol. The van der Waals surface area contributed by atoms with Gasteiger partial charge in [-0.25, -0.2) is 14.6 Å². The second-order valence-corrected chi connectivity index (χ2v) is 4.79. The van der Waals surface area contributed by atoms with Crippen LogP contribution in [0, 0.1) is 0 Å². The maximum Gasteiger partial charge on any atom is 0.354 e. The molecule has 0 spiro atoms. The van der Waals surface area contributed by atoms with Gasteiger partial charge in [0, 0.05) is 5.56 Å². The summed E-state index contributed by atoms with van der Waals surface area (Å²) in [6, 6.07) is 2.09. The Bertz CT molecular complexity index is 910. The topological polar surface area (TPSA) is 158 Å². The number of ketones is 2. The molecule has 0 aromatic carbocycles. The molecule has 0 aliphatic heterocycles. The van der Waals surface area contributed by atoms with Crippen LogP contribution in [-0.2, 0) is 6.61 Å². The summed E-state index contributed by atoms with van der Waals surface area (Å²) in [5.41, 5.74) is -1.28. The van der Waals surface area contributed by atoms with Crippen LogP contribution in [0.2, 0.25) is 0 Å². The molecule has 1 aliphatic rings. The first-order chi connectivity index (χ1) is 10.8. The third kappa shape index (κ3) is 2.02. The van der Waals surface area contributed by atoms with E-state index in [-0.39, 0.29) is 28.1 Å². The van der Waals surface area contributed by atoms with Gasteiger partial charge in [-0.1, -0.05) is 0 Å². The molecule has 9 heteroatoms. The van der Waals surface area contributed by atoms with Crippen LogP contribution in [-0.4, -0.2) is 48.8 Å². The first-order valence-electron chi connectivity index (χ1n) is 6.29. The third-order valence-corrected chi connectivity index (χ3v) is 3.45. The first kappa shape index (κ1) is 14.6. The minimum atomic E-state index is -1.42. The molecule has 9 nitrogen and oxygen atoms in total. The van der Waals surface area contributed by atoms with Crippen molar-refractivity contribution >= 4 is 23.5 Å². The number of rotatable bonds is 3. The molecule has 2 heterocycles. The lowest BCUT2D eigenvalue weighted by atomic mass is 9.88. The van der Waals surface area contributed by atoms with Crippen molar-refractivity contribution in [2.24, 2.45) is 0 Å². The van der Waals surface area contributed by atoms with E-state index in [1.54, 1.807) is 0 Å². The number of carbonyl (C=O) groups is 4. The molecule has 0 atom stereocenters. The summed E-state index contributed by atoms with van der Waals surface area (Å²) in [5, 5.41) is 27.5. The Morgan fingerprint density at radius 3 is 2.35 bits per heavy atom. The number of carbonyl (C=O) groups excluding carboxylic acids is 2. The van der Waals surface area contributed by atoms with Crippen molar-refractivity contribution in [2.75, 3.05) is 0 Å². The Morgan fingerprint density at radius 1 is 1.09 bits per heavy atom. The van der Waals surface area contributed by atoms with E-state index in [0.717, 1.165) is 12.1 Å². The summed E-state index contributed by atoms with van der Waals surface area (Å²) >= 11 is 0. The quantitative estimate of drug-likeness (QED) is 0.590. The third-order valence-electron chi connectivity index (χ3n) is 3.45. The van der Waals surface area contributed by atoms with Gasteiger partial charge in [0.15, 0.2) is 0 Å². The summed E-state index contributed by atoms with van der Waals surface area (Å²) < 4.78 is 0. The highest BCUT2D eigenvalue weighted by molar-refractivity contribution is 6.52. The van der Waals surface area contributed by atoms with Gasteiger partial charge in [-0.2, -0.15) is 0 Å². The van der Waals surface area contributed by atoms with E-state index >= 15 is 0 Å². The number of carboxylic acid groups (broad SMARTS) is 2. The highest BCUT2D eigenvalue weighted by atomic mass is 16.4. The minimum absolute atomic E-state index is 0.0236. The van der Waals surface area contributed by atoms with Crippen LogP contribution >= 0.6 is 0 Å². The number of aromatic amines is 1. The number of fused-ring (bicyclic) bond motifs is 3. The SMILES string of the molecule is O=C(O)c1cc(CO)c2c(n1)C(=O)C(=O)c1cc(C(=O)O)[nH]c1-2. The molecule has 2 aromatic heterocycles. The van der Waals surface area contributed by atoms with Gasteiger partial charge < -0.3 is 20.3 Å². The van der Waals surface area contributed by atoms with E-state index in [4.69, 9.17) is 10.2 Å². The molecule has 116 valence electrons. The van der Waals surface area contributed by atoms with Crippen molar-refractivity contribution in [1.29, 1.82) is 0 Å². The second kappa shape index (κ2) is 4.85. The van der Waals surface area contributed by atoms with Crippen molar-refractivity contribution < 1.29 is 34.5 Å². The molecule has 0 saturated heterocycles. The summed E-state index contributed by atoms with van der Waals surface area (Å²) in [4.78, 5) is 52.5. The van der Waals surface area contributed by atoms with Gasteiger partial charge in [0.25, 0.3) is 5.78 Å². The smallest absolute Gasteiger partial charge is 0.354 e. The highest BCUT2D eigenvalue weighted by Crippen LogP contribution is 2.35. The van der Waals surface area contributed by atoms with Gasteiger partial charge in [0.05, 0.1) is 17.9 Å². The van der Waals surface area contributed by atoms with E-state index in [1.165, 1.54) is 0 Å². The molecule has 2 aromatic rings. The predicted molar refractivity (Wildman–Crippen MR) is 72.5 cm³/mol. The molecular formula is C14H8N2O7. The van der Waals surface area contributed by atoms with Crippen molar-refractivity contribution in [3.05, 3.63) is 40.3 Å². The number of pyridine rings is 1. The number of carboxylic acids is 2. The lowest BCUT2D eigenvalue weighted by Gasteiger charge is -2.17. The van der Waals surface area contributed by atoms with E-state index in [1.807, 2.05) is 0 Å². The summed E-state index contributed by atoms with van der Waals surface area (Å²) in [5.74, 6) is -4.80. The Morgan fingerprint density at radius 2 is 1.78 bits per heavy atom. The molecule has 0 radical (unpaired) electrons. The summed E-state index contributed by atoms with van der Waals surface area (Å²) in [6.07, 6.45) is 0. The van der Waals surface area contributed by atoms with Crippen molar-refractivity contribution in [3.63, 3.8) is 0 Å². The fraction of sp³-hybridized carbons (Fsp3) is 0.0714. The zero-order valence-corrected chi connectivity index (χ0v) is 11.3. The lowest BCUT2D eigenvalue weighted by molar-refractivity contribution is 0.0679. The first-order valence-corrected chi connectivity index (χ1v) is 6.29. The number of nitrogens with one attached hydrogen (secondary N) is 1. The van der Waals surface area contributed by atoms with Gasteiger partial charge in [0.2, 0.25) is 5.78 Å². The molecule has 0 amide bonds. The molecular weight excluding hydrogens is 308 g/mol. The van der Waals surface area contributed by atoms with E-state index in [2.05, 4.69) is 9.97 Å². The Balaban J connectivity index is 2.38. The van der Waals surface area contributed by atoms with Crippen molar-refractivity contribution in [2.45, 2.75) is 6.61 Å². The standard InChI is InChI=1S/C14H8N2O7/c17-3-4-1-6(13(20)21)16-10-8(4)9-5(11(18)12(10)19)2-7(15-9)14(22)23/h1-2,15,17H,3H2,(H,20,21)(H,22,23). The molecule has 0 fully saturated rings. The number of aliphatic hydroxyl groups excluding tert-OH is 1. The fourth-order valence-electron chi connectivity index (χ4n) is 2.45. The number of aliphatic hydroxyl groups is 1. The molecule has 0 saturated carbocycles. The molecule has 23 heavy (non-hydrogen) atoms. The number of hydrogen-bond acceptors (Lipinski definition) is 6. The molecule has 3 rings (SSSR count). The van der Waals surface area contributed by atoms with Crippen LogP contribution in [0.3, 0.4) is 0 Å². The Hall–Kier alpha value is -3.33. The van der Waals surface area contributed by atoms with E-state index < -0.39 is 41.5 Å². The van der Waals surface area contributed by atoms with Crippen LogP contribution in [0.5, 0.6) is 0 Å². The van der Waals surface area contributed by atoms with Crippen molar-refractivity contribution in [1.82, 2.24) is 9.97 Å². The molecule has 1 aliphatic carbocycles. The second-order valence-electron chi connectivity index (χ2n) is 4.79. The normalized spacial score (nSPS) is 12.7. The van der Waals surface area contributed by atoms with E-state index in [9.17, 15) is 24.3 Å². The van der Waals surface area contributed by atoms with Gasteiger partial charge in [-0.3, -0.25) is 9.59 Å². The number of aromatic nitrogens is 2. The van der Waals surface area contributed by atoms with Crippen LogP contribution in [0.4, 0.5) is 0 Å². The molecule has 0 bridgehead atoms. The zero-order valence-electron chi connectivity index (χ0n) is 11.3. The Labute approximate surface area is 127 Å². The monoisotopic (exact) mass is 316 g/mol. The van der Waals surface area contributed by atoms with Crippen LogP contribution in [0.15, 0.2) is 12.1 Å². The largest absolute Gasteiger partial charge is 0.477 e. The van der Waals surface area contributed by atoms with Gasteiger partial charge >= 0.3 is 11.9 Å². The number of aromatic carboxylic acids is 2. The zero-order chi connectivity index (χ0) is 16.9. The Kier molecular flexibility index (Phi) is 3.08. The van der Waals surface area contributed by atoms with Crippen LogP contribution in [0.1, 0.15) is 47.4 Å². The molecule has 4 N–H and O–H groups in total. The van der Waals surface area contributed by atoms with Gasteiger partial charge in [-0.05, 0) is 17.7 Å². The van der Waals surface area contributed by atoms with E-state index in [0.29, 0.717) is 0 Å². The number of hydrogen-bond donors (Lipinski definition) is 4. The van der Waals surface area contributed by atoms with Gasteiger partial charge in [-0.15, -0.1) is 0 Å². The predicted octanol–water partition coefficient (Wildman–Crippen LogP) is 0.344. The summed E-state index contributed by atoms with van der Waals surface area (Å²) in [7, 11) is 0. The van der Waals surface area contributed by atoms with Crippen molar-refractivity contribution in [3.8, 4) is 11.3 Å². The maximum atomic E-state index is 12.2. The minimum Gasteiger partial charge on any atom is -0.477 e. The highest BCUT2D eigenvalue weighted by Gasteiger charge is 2.36. The van der Waals surface area contributed by atoms with Crippen LogP contribution in [0.25, 0.3) is 11.3 Å². The number of H-pyrrole nitrogens is 1. The fourth-order valence-corrected chi connectivity index (χ4v) is 2.45. The summed E-state index contributed by atoms with van der Waals surface area (Å²) in [6.45, 7) is -0.618. The average Bonchev–Trinajstić information content (AvgIpc) is 2.96. The maximum absolute atomic E-state index is 12.2.